The number of rotatable bonds is 1. The van der Waals surface area contributed by atoms with E-state index in [1.165, 1.54) is 25.0 Å². The largest absolute Gasteiger partial charge is 0.384 e. The van der Waals surface area contributed by atoms with Crippen molar-refractivity contribution in [2.45, 2.75) is 24.5 Å². The Labute approximate surface area is 82.2 Å². The third kappa shape index (κ3) is 2.12. The van der Waals surface area contributed by atoms with Crippen LogP contribution >= 0.6 is 11.8 Å². The maximum Gasteiger partial charge on any atom is 0.143 e. The number of hydrogen-bond acceptors (Lipinski definition) is 4. The van der Waals surface area contributed by atoms with E-state index in [0.29, 0.717) is 11.1 Å². The summed E-state index contributed by atoms with van der Waals surface area (Å²) in [4.78, 5) is 8.49. The van der Waals surface area contributed by atoms with E-state index in [-0.39, 0.29) is 0 Å². The molecule has 1 aliphatic rings. The fraction of sp³-hybridized carbons (Fsp3) is 0.556. The second-order valence-electron chi connectivity index (χ2n) is 3.19. The molecule has 3 nitrogen and oxygen atoms in total. The topological polar surface area (TPSA) is 51.8 Å². The van der Waals surface area contributed by atoms with Gasteiger partial charge in [0.1, 0.15) is 11.6 Å². The van der Waals surface area contributed by atoms with Crippen LogP contribution in [0, 0.1) is 0 Å². The molecule has 0 radical (unpaired) electrons. The third-order valence-electron chi connectivity index (χ3n) is 2.16. The second-order valence-corrected chi connectivity index (χ2v) is 4.51. The first-order valence-electron chi connectivity index (χ1n) is 4.56. The van der Waals surface area contributed by atoms with Crippen LogP contribution in [0.1, 0.15) is 30.3 Å². The summed E-state index contributed by atoms with van der Waals surface area (Å²) in [6.45, 7) is 0. The van der Waals surface area contributed by atoms with Gasteiger partial charge < -0.3 is 5.73 Å². The molecule has 2 rings (SSSR count). The van der Waals surface area contributed by atoms with Crippen molar-refractivity contribution in [1.29, 1.82) is 0 Å². The summed E-state index contributed by atoms with van der Waals surface area (Å²) >= 11 is 1.94. The maximum absolute atomic E-state index is 5.60. The van der Waals surface area contributed by atoms with Gasteiger partial charge in [-0.05, 0) is 24.7 Å². The lowest BCUT2D eigenvalue weighted by atomic mass is 10.2. The summed E-state index contributed by atoms with van der Waals surface area (Å²) < 4.78 is 0. The average Bonchev–Trinajstić information content (AvgIpc) is 2.19. The van der Waals surface area contributed by atoms with Crippen molar-refractivity contribution < 1.29 is 0 Å². The molecule has 2 N–H and O–H groups in total. The molecule has 1 atom stereocenters. The molecule has 4 heteroatoms. The lowest BCUT2D eigenvalue weighted by Crippen LogP contribution is -2.07. The Kier molecular flexibility index (Phi) is 2.68. The zero-order chi connectivity index (χ0) is 9.10. The zero-order valence-corrected chi connectivity index (χ0v) is 8.26. The van der Waals surface area contributed by atoms with Gasteiger partial charge in [0.05, 0.1) is 5.25 Å². The fourth-order valence-electron chi connectivity index (χ4n) is 1.49. The number of thioether (sulfide) groups is 1. The van der Waals surface area contributed by atoms with Gasteiger partial charge in [0.15, 0.2) is 0 Å². The summed E-state index contributed by atoms with van der Waals surface area (Å²) in [6.07, 6.45) is 5.54. The predicted octanol–water partition coefficient (Wildman–Crippen LogP) is 2.02. The van der Waals surface area contributed by atoms with E-state index >= 15 is 0 Å². The van der Waals surface area contributed by atoms with Crippen molar-refractivity contribution in [2.75, 3.05) is 11.5 Å². The van der Waals surface area contributed by atoms with Gasteiger partial charge in [-0.3, -0.25) is 0 Å². The van der Waals surface area contributed by atoms with E-state index in [1.54, 1.807) is 12.3 Å². The Bertz CT molecular complexity index is 284. The smallest absolute Gasteiger partial charge is 0.143 e. The highest BCUT2D eigenvalue weighted by atomic mass is 32.2. The summed E-state index contributed by atoms with van der Waals surface area (Å²) in [5.41, 5.74) is 5.60. The Morgan fingerprint density at radius 3 is 3.08 bits per heavy atom. The first-order valence-corrected chi connectivity index (χ1v) is 5.61. The molecule has 1 unspecified atom stereocenters. The van der Waals surface area contributed by atoms with E-state index in [0.717, 1.165) is 5.82 Å². The number of aromatic nitrogens is 2. The monoisotopic (exact) mass is 195 g/mol. The van der Waals surface area contributed by atoms with Crippen molar-refractivity contribution in [3.8, 4) is 0 Å². The van der Waals surface area contributed by atoms with Gasteiger partial charge in [-0.15, -0.1) is 0 Å². The molecule has 2 heterocycles. The van der Waals surface area contributed by atoms with Crippen LogP contribution in [0.5, 0.6) is 0 Å². The molecule has 0 saturated carbocycles. The number of anilines is 1. The van der Waals surface area contributed by atoms with Crippen LogP contribution in [0.3, 0.4) is 0 Å². The molecule has 0 spiro atoms. The van der Waals surface area contributed by atoms with Gasteiger partial charge in [-0.1, -0.05) is 6.42 Å². The van der Waals surface area contributed by atoms with Gasteiger partial charge in [-0.25, -0.2) is 9.97 Å². The molecular weight excluding hydrogens is 182 g/mol. The van der Waals surface area contributed by atoms with Crippen LogP contribution < -0.4 is 5.73 Å². The minimum atomic E-state index is 0.470. The van der Waals surface area contributed by atoms with Gasteiger partial charge in [0, 0.05) is 6.20 Å². The average molecular weight is 195 g/mol. The van der Waals surface area contributed by atoms with E-state index in [1.807, 2.05) is 11.8 Å². The summed E-state index contributed by atoms with van der Waals surface area (Å²) in [5.74, 6) is 2.71. The molecule has 1 aliphatic heterocycles. The predicted molar refractivity (Wildman–Crippen MR) is 55.5 cm³/mol. The van der Waals surface area contributed by atoms with E-state index in [2.05, 4.69) is 9.97 Å². The van der Waals surface area contributed by atoms with Crippen LogP contribution in [0.4, 0.5) is 5.82 Å². The molecule has 0 amide bonds. The standard InChI is InChI=1S/C9H13N3S/c10-8-4-5-11-9(12-8)7-3-1-2-6-13-7/h4-5,7H,1-3,6H2,(H2,10,11,12). The van der Waals surface area contributed by atoms with E-state index in [9.17, 15) is 0 Å². The molecule has 70 valence electrons. The van der Waals surface area contributed by atoms with E-state index < -0.39 is 0 Å². The summed E-state index contributed by atoms with van der Waals surface area (Å²) in [5, 5.41) is 0.470. The summed E-state index contributed by atoms with van der Waals surface area (Å²) in [6, 6.07) is 1.73. The highest BCUT2D eigenvalue weighted by molar-refractivity contribution is 7.99. The lowest BCUT2D eigenvalue weighted by Gasteiger charge is -2.19. The normalized spacial score (nSPS) is 22.9. The number of nitrogen functional groups attached to an aromatic ring is 1. The van der Waals surface area contributed by atoms with Crippen LogP contribution in [0.2, 0.25) is 0 Å². The second kappa shape index (κ2) is 3.96. The Hall–Kier alpha value is -0.770. The zero-order valence-electron chi connectivity index (χ0n) is 7.44. The molecule has 1 aromatic heterocycles. The van der Waals surface area contributed by atoms with Crippen molar-refractivity contribution in [2.24, 2.45) is 0 Å². The van der Waals surface area contributed by atoms with Crippen molar-refractivity contribution >= 4 is 17.6 Å². The first kappa shape index (κ1) is 8.81. The van der Waals surface area contributed by atoms with Crippen molar-refractivity contribution in [3.05, 3.63) is 18.1 Å². The lowest BCUT2D eigenvalue weighted by molar-refractivity contribution is 0.663. The fourth-order valence-corrected chi connectivity index (χ4v) is 2.74. The molecule has 1 saturated heterocycles. The highest BCUT2D eigenvalue weighted by Crippen LogP contribution is 2.36. The van der Waals surface area contributed by atoms with Crippen LogP contribution in [-0.2, 0) is 0 Å². The molecular formula is C9H13N3S. The van der Waals surface area contributed by atoms with Gasteiger partial charge in [-0.2, -0.15) is 11.8 Å². The summed E-state index contributed by atoms with van der Waals surface area (Å²) in [7, 11) is 0. The molecule has 1 fully saturated rings. The van der Waals surface area contributed by atoms with Gasteiger partial charge >= 0.3 is 0 Å². The van der Waals surface area contributed by atoms with Gasteiger partial charge in [0.25, 0.3) is 0 Å². The Morgan fingerprint density at radius 1 is 1.46 bits per heavy atom. The molecule has 0 aliphatic carbocycles. The van der Waals surface area contributed by atoms with Crippen molar-refractivity contribution in [1.82, 2.24) is 9.97 Å². The quantitative estimate of drug-likeness (QED) is 0.744. The molecule has 1 aromatic rings. The molecule has 0 bridgehead atoms. The Balaban J connectivity index is 2.14. The van der Waals surface area contributed by atoms with Gasteiger partial charge in [0.2, 0.25) is 0 Å². The third-order valence-corrected chi connectivity index (χ3v) is 3.54. The molecule has 13 heavy (non-hydrogen) atoms. The van der Waals surface area contributed by atoms with Crippen LogP contribution in [0.25, 0.3) is 0 Å². The SMILES string of the molecule is Nc1ccnc(C2CCCCS2)n1. The highest BCUT2D eigenvalue weighted by Gasteiger charge is 2.18. The number of nitrogens with zero attached hydrogens (tertiary/aromatic N) is 2. The number of hydrogen-bond donors (Lipinski definition) is 1. The van der Waals surface area contributed by atoms with Crippen LogP contribution in [0.15, 0.2) is 12.3 Å². The Morgan fingerprint density at radius 2 is 2.38 bits per heavy atom. The maximum atomic E-state index is 5.60. The van der Waals surface area contributed by atoms with Crippen LogP contribution in [-0.4, -0.2) is 15.7 Å². The van der Waals surface area contributed by atoms with E-state index in [4.69, 9.17) is 5.73 Å². The molecule has 0 aromatic carbocycles. The van der Waals surface area contributed by atoms with Crippen molar-refractivity contribution in [3.63, 3.8) is 0 Å². The minimum Gasteiger partial charge on any atom is -0.384 e. The minimum absolute atomic E-state index is 0.470. The number of nitrogens with two attached hydrogens (primary N) is 1. The first-order chi connectivity index (χ1) is 6.36.